The van der Waals surface area contributed by atoms with Gasteiger partial charge >= 0.3 is 5.97 Å². The normalized spacial score (nSPS) is 17.2. The van der Waals surface area contributed by atoms with Crippen molar-refractivity contribution in [2.75, 3.05) is 13.7 Å². The van der Waals surface area contributed by atoms with E-state index in [0.29, 0.717) is 23.3 Å². The Morgan fingerprint density at radius 1 is 1.37 bits per heavy atom. The molecule has 104 valence electrons. The van der Waals surface area contributed by atoms with Crippen molar-refractivity contribution in [2.24, 2.45) is 11.8 Å². The van der Waals surface area contributed by atoms with Crippen molar-refractivity contribution in [3.05, 3.63) is 29.3 Å². The zero-order chi connectivity index (χ0) is 13.7. The Kier molecular flexibility index (Phi) is 5.08. The van der Waals surface area contributed by atoms with E-state index in [1.165, 1.54) is 20.0 Å². The van der Waals surface area contributed by atoms with Gasteiger partial charge in [-0.3, -0.25) is 4.79 Å². The van der Waals surface area contributed by atoms with Gasteiger partial charge in [-0.25, -0.2) is 0 Å². The summed E-state index contributed by atoms with van der Waals surface area (Å²) >= 11 is 6.04. The zero-order valence-electron chi connectivity index (χ0n) is 11.1. The Bertz CT molecular complexity index is 427. The Hall–Kier alpha value is -1.22. The van der Waals surface area contributed by atoms with Gasteiger partial charge in [-0.15, -0.1) is 0 Å². The summed E-state index contributed by atoms with van der Waals surface area (Å²) in [5.41, 5.74) is 0. The van der Waals surface area contributed by atoms with Crippen molar-refractivity contribution in [2.45, 2.75) is 25.7 Å². The molecule has 2 rings (SSSR count). The second kappa shape index (κ2) is 6.80. The second-order valence-electron chi connectivity index (χ2n) is 4.92. The minimum atomic E-state index is -0.191. The first kappa shape index (κ1) is 14.2. The lowest BCUT2D eigenvalue weighted by atomic mass is 9.91. The highest BCUT2D eigenvalue weighted by molar-refractivity contribution is 6.32. The van der Waals surface area contributed by atoms with E-state index in [1.807, 2.05) is 18.2 Å². The topological polar surface area (TPSA) is 35.5 Å². The number of methoxy groups -OCH3 is 1. The fourth-order valence-electron chi connectivity index (χ4n) is 2.65. The molecule has 0 N–H and O–H groups in total. The summed E-state index contributed by atoms with van der Waals surface area (Å²) in [6, 6.07) is 7.30. The zero-order valence-corrected chi connectivity index (χ0v) is 11.9. The standard InChI is InChI=1S/C15H19ClO3/c1-18-15(17)12(11-6-2-3-7-11)10-19-14-9-5-4-8-13(14)16/h4-5,8-9,11-12H,2-3,6-7,10H2,1H3. The number of para-hydroxylation sites is 1. The monoisotopic (exact) mass is 282 g/mol. The molecule has 1 fully saturated rings. The molecule has 1 aromatic carbocycles. The van der Waals surface area contributed by atoms with Gasteiger partial charge in [0.15, 0.2) is 0 Å². The van der Waals surface area contributed by atoms with E-state index in [2.05, 4.69) is 0 Å². The molecule has 1 aliphatic carbocycles. The molecule has 3 nitrogen and oxygen atoms in total. The van der Waals surface area contributed by atoms with Crippen LogP contribution in [0.25, 0.3) is 0 Å². The Balaban J connectivity index is 2.00. The quantitative estimate of drug-likeness (QED) is 0.773. The number of ether oxygens (including phenoxy) is 2. The van der Waals surface area contributed by atoms with Crippen molar-refractivity contribution < 1.29 is 14.3 Å². The molecule has 0 spiro atoms. The average molecular weight is 283 g/mol. The highest BCUT2D eigenvalue weighted by Gasteiger charge is 2.32. The first-order chi connectivity index (χ1) is 9.22. The van der Waals surface area contributed by atoms with Gasteiger partial charge in [0.05, 0.1) is 18.1 Å². The highest BCUT2D eigenvalue weighted by Crippen LogP contribution is 2.33. The molecule has 0 bridgehead atoms. The molecule has 0 saturated heterocycles. The van der Waals surface area contributed by atoms with Crippen LogP contribution in [0.2, 0.25) is 5.02 Å². The molecule has 0 aliphatic heterocycles. The van der Waals surface area contributed by atoms with Gasteiger partial charge in [-0.05, 0) is 30.9 Å². The largest absolute Gasteiger partial charge is 0.491 e. The Morgan fingerprint density at radius 2 is 2.05 bits per heavy atom. The van der Waals surface area contributed by atoms with Crippen molar-refractivity contribution in [1.29, 1.82) is 0 Å². The first-order valence-electron chi connectivity index (χ1n) is 6.67. The van der Waals surface area contributed by atoms with Crippen molar-refractivity contribution in [3.63, 3.8) is 0 Å². The number of carbonyl (C=O) groups excluding carboxylic acids is 1. The third-order valence-electron chi connectivity index (χ3n) is 3.73. The summed E-state index contributed by atoms with van der Waals surface area (Å²) in [5.74, 6) is 0.619. The van der Waals surface area contributed by atoms with Crippen LogP contribution in [0.1, 0.15) is 25.7 Å². The minimum Gasteiger partial charge on any atom is -0.491 e. The average Bonchev–Trinajstić information content (AvgIpc) is 2.94. The molecule has 0 heterocycles. The maximum atomic E-state index is 11.9. The predicted molar refractivity (Wildman–Crippen MR) is 74.4 cm³/mol. The van der Waals surface area contributed by atoms with E-state index < -0.39 is 0 Å². The van der Waals surface area contributed by atoms with Gasteiger partial charge in [0.2, 0.25) is 0 Å². The number of esters is 1. The van der Waals surface area contributed by atoms with Crippen molar-refractivity contribution >= 4 is 17.6 Å². The third-order valence-corrected chi connectivity index (χ3v) is 4.04. The molecule has 0 amide bonds. The molecular formula is C15H19ClO3. The lowest BCUT2D eigenvalue weighted by Crippen LogP contribution is -2.29. The van der Waals surface area contributed by atoms with Crippen LogP contribution in [0.3, 0.4) is 0 Å². The first-order valence-corrected chi connectivity index (χ1v) is 7.05. The number of halogens is 1. The number of hydrogen-bond donors (Lipinski definition) is 0. The van der Waals surface area contributed by atoms with E-state index in [-0.39, 0.29) is 11.9 Å². The van der Waals surface area contributed by atoms with E-state index in [0.717, 1.165) is 12.8 Å². The molecular weight excluding hydrogens is 264 g/mol. The summed E-state index contributed by atoms with van der Waals surface area (Å²) in [6.45, 7) is 0.334. The van der Waals surface area contributed by atoms with E-state index in [4.69, 9.17) is 21.1 Å². The molecule has 1 aliphatic rings. The molecule has 1 unspecified atom stereocenters. The van der Waals surface area contributed by atoms with Gasteiger partial charge in [0.25, 0.3) is 0 Å². The lowest BCUT2D eigenvalue weighted by Gasteiger charge is -2.21. The number of carbonyl (C=O) groups is 1. The fourth-order valence-corrected chi connectivity index (χ4v) is 2.84. The van der Waals surface area contributed by atoms with Crippen LogP contribution in [-0.2, 0) is 9.53 Å². The summed E-state index contributed by atoms with van der Waals surface area (Å²) in [4.78, 5) is 11.9. The highest BCUT2D eigenvalue weighted by atomic mass is 35.5. The van der Waals surface area contributed by atoms with E-state index >= 15 is 0 Å². The van der Waals surface area contributed by atoms with Gasteiger partial charge in [-0.1, -0.05) is 36.6 Å². The van der Waals surface area contributed by atoms with Gasteiger partial charge in [0.1, 0.15) is 12.4 Å². The molecule has 4 heteroatoms. The van der Waals surface area contributed by atoms with Crippen LogP contribution in [0.5, 0.6) is 5.75 Å². The number of hydrogen-bond acceptors (Lipinski definition) is 3. The molecule has 1 aromatic rings. The second-order valence-corrected chi connectivity index (χ2v) is 5.32. The van der Waals surface area contributed by atoms with Crippen molar-refractivity contribution in [3.8, 4) is 5.75 Å². The smallest absolute Gasteiger partial charge is 0.312 e. The van der Waals surface area contributed by atoms with Gasteiger partial charge in [-0.2, -0.15) is 0 Å². The van der Waals surface area contributed by atoms with Crippen LogP contribution in [-0.4, -0.2) is 19.7 Å². The summed E-state index contributed by atoms with van der Waals surface area (Å²) in [7, 11) is 1.43. The van der Waals surface area contributed by atoms with Crippen LogP contribution >= 0.6 is 11.6 Å². The summed E-state index contributed by atoms with van der Waals surface area (Å²) < 4.78 is 10.6. The van der Waals surface area contributed by atoms with Crippen LogP contribution in [0.4, 0.5) is 0 Å². The molecule has 0 aromatic heterocycles. The van der Waals surface area contributed by atoms with Crippen LogP contribution in [0, 0.1) is 11.8 Å². The van der Waals surface area contributed by atoms with Gasteiger partial charge < -0.3 is 9.47 Å². The molecule has 19 heavy (non-hydrogen) atoms. The molecule has 0 radical (unpaired) electrons. The minimum absolute atomic E-state index is 0.182. The summed E-state index contributed by atoms with van der Waals surface area (Å²) in [5, 5.41) is 0.567. The fraction of sp³-hybridized carbons (Fsp3) is 0.533. The van der Waals surface area contributed by atoms with Crippen LogP contribution < -0.4 is 4.74 Å². The van der Waals surface area contributed by atoms with Gasteiger partial charge in [0, 0.05) is 0 Å². The predicted octanol–water partition coefficient (Wildman–Crippen LogP) is 3.70. The molecule has 1 saturated carbocycles. The maximum Gasteiger partial charge on any atom is 0.312 e. The Labute approximate surface area is 118 Å². The SMILES string of the molecule is COC(=O)C(COc1ccccc1Cl)C1CCCC1. The van der Waals surface area contributed by atoms with E-state index in [1.54, 1.807) is 6.07 Å². The summed E-state index contributed by atoms with van der Waals surface area (Å²) in [6.07, 6.45) is 4.52. The van der Waals surface area contributed by atoms with Crippen LogP contribution in [0.15, 0.2) is 24.3 Å². The van der Waals surface area contributed by atoms with E-state index in [9.17, 15) is 4.79 Å². The number of rotatable bonds is 5. The maximum absolute atomic E-state index is 11.9. The molecule has 1 atom stereocenters. The lowest BCUT2D eigenvalue weighted by molar-refractivity contribution is -0.148. The number of benzene rings is 1. The third kappa shape index (κ3) is 3.63. The van der Waals surface area contributed by atoms with Crippen molar-refractivity contribution in [1.82, 2.24) is 0 Å². The Morgan fingerprint density at radius 3 is 2.68 bits per heavy atom.